The third kappa shape index (κ3) is 3.94. The normalized spacial score (nSPS) is 12.2. The summed E-state index contributed by atoms with van der Waals surface area (Å²) in [6, 6.07) is 6.04. The number of carbonyl (C=O) groups is 1. The fraction of sp³-hybridized carbons (Fsp3) is 0.375. The molecule has 0 saturated carbocycles. The molecule has 1 heterocycles. The molecule has 23 heavy (non-hydrogen) atoms. The lowest BCUT2D eigenvalue weighted by Crippen LogP contribution is -2.36. The minimum absolute atomic E-state index is 0.0948. The Kier molecular flexibility index (Phi) is 5.84. The van der Waals surface area contributed by atoms with Gasteiger partial charge in [-0.25, -0.2) is 9.07 Å². The lowest BCUT2D eigenvalue weighted by atomic mass is 10.2. The summed E-state index contributed by atoms with van der Waals surface area (Å²) in [6.45, 7) is 2.13. The lowest BCUT2D eigenvalue weighted by molar-refractivity contribution is -0.125. The molecule has 124 valence electrons. The van der Waals surface area contributed by atoms with Gasteiger partial charge < -0.3 is 15.8 Å². The number of aromatic nitrogens is 2. The van der Waals surface area contributed by atoms with Crippen molar-refractivity contribution < 1.29 is 13.9 Å². The second-order valence-corrected chi connectivity index (χ2v) is 5.09. The molecule has 0 bridgehead atoms. The van der Waals surface area contributed by atoms with Crippen molar-refractivity contribution in [2.24, 2.45) is 5.73 Å². The Morgan fingerprint density at radius 2 is 2.13 bits per heavy atom. The molecule has 0 unspecified atom stereocenters. The van der Waals surface area contributed by atoms with Gasteiger partial charge in [-0.05, 0) is 30.7 Å². The molecule has 0 radical (unpaired) electrons. The smallest absolute Gasteiger partial charge is 0.254 e. The Balaban J connectivity index is 2.31. The fourth-order valence-electron chi connectivity index (χ4n) is 2.28. The van der Waals surface area contributed by atoms with Gasteiger partial charge in [-0.1, -0.05) is 13.3 Å². The van der Waals surface area contributed by atoms with E-state index >= 15 is 0 Å². The Morgan fingerprint density at radius 3 is 2.70 bits per heavy atom. The van der Waals surface area contributed by atoms with Crippen LogP contribution in [-0.4, -0.2) is 35.4 Å². The minimum Gasteiger partial charge on any atom is -0.370 e. The van der Waals surface area contributed by atoms with Crippen molar-refractivity contribution in [3.05, 3.63) is 42.0 Å². The van der Waals surface area contributed by atoms with E-state index in [0.29, 0.717) is 12.1 Å². The van der Waals surface area contributed by atoms with Gasteiger partial charge in [0.2, 0.25) is 0 Å². The summed E-state index contributed by atoms with van der Waals surface area (Å²) >= 11 is 0. The molecule has 0 aliphatic heterocycles. The third-order valence-electron chi connectivity index (χ3n) is 3.48. The van der Waals surface area contributed by atoms with Crippen molar-refractivity contribution in [3.8, 4) is 5.69 Å². The summed E-state index contributed by atoms with van der Waals surface area (Å²) in [5.74, 6) is -0.622. The van der Waals surface area contributed by atoms with E-state index in [1.54, 1.807) is 23.0 Å². The summed E-state index contributed by atoms with van der Waals surface area (Å²) in [7, 11) is 1.44. The van der Waals surface area contributed by atoms with Gasteiger partial charge in [-0.3, -0.25) is 4.79 Å². The average Bonchev–Trinajstić information content (AvgIpc) is 2.92. The van der Waals surface area contributed by atoms with E-state index in [1.807, 2.05) is 6.92 Å². The highest BCUT2D eigenvalue weighted by molar-refractivity contribution is 5.94. The first-order valence-corrected chi connectivity index (χ1v) is 7.47. The van der Waals surface area contributed by atoms with Crippen molar-refractivity contribution in [2.45, 2.75) is 25.9 Å². The number of amides is 1. The zero-order valence-corrected chi connectivity index (χ0v) is 13.3. The Morgan fingerprint density at radius 1 is 1.43 bits per heavy atom. The second-order valence-electron chi connectivity index (χ2n) is 5.09. The van der Waals surface area contributed by atoms with Crippen LogP contribution in [0.15, 0.2) is 30.5 Å². The largest absolute Gasteiger partial charge is 0.370 e. The third-order valence-corrected chi connectivity index (χ3v) is 3.48. The van der Waals surface area contributed by atoms with Crippen molar-refractivity contribution in [1.82, 2.24) is 9.78 Å². The van der Waals surface area contributed by atoms with Gasteiger partial charge in [0.05, 0.1) is 23.3 Å². The van der Waals surface area contributed by atoms with Crippen LogP contribution in [0.4, 0.5) is 10.1 Å². The summed E-state index contributed by atoms with van der Waals surface area (Å²) < 4.78 is 19.8. The van der Waals surface area contributed by atoms with Crippen LogP contribution in [0, 0.1) is 5.82 Å². The first-order chi connectivity index (χ1) is 11.1. The molecule has 0 aliphatic rings. The van der Waals surface area contributed by atoms with Gasteiger partial charge in [0, 0.05) is 13.7 Å². The molecule has 0 spiro atoms. The average molecular weight is 320 g/mol. The monoisotopic (exact) mass is 320 g/mol. The lowest BCUT2D eigenvalue weighted by Gasteiger charge is -2.14. The number of hydrogen-bond acceptors (Lipinski definition) is 4. The fourth-order valence-corrected chi connectivity index (χ4v) is 2.28. The van der Waals surface area contributed by atoms with Crippen LogP contribution < -0.4 is 11.1 Å². The van der Waals surface area contributed by atoms with Gasteiger partial charge in [-0.15, -0.1) is 0 Å². The van der Waals surface area contributed by atoms with Crippen molar-refractivity contribution >= 4 is 11.6 Å². The molecule has 7 heteroatoms. The number of methoxy groups -OCH3 is 1. The van der Waals surface area contributed by atoms with E-state index in [1.165, 1.54) is 19.2 Å². The van der Waals surface area contributed by atoms with E-state index < -0.39 is 6.10 Å². The number of carbonyl (C=O) groups excluding carboxylic acids is 1. The molecule has 1 amide bonds. The van der Waals surface area contributed by atoms with E-state index in [0.717, 1.165) is 17.8 Å². The SMILES string of the molecule is CCCc1c(NC(=O)[C@H](CN)OC)cnn1-c1ccc(F)cc1. The highest BCUT2D eigenvalue weighted by atomic mass is 19.1. The predicted molar refractivity (Wildman–Crippen MR) is 86.0 cm³/mol. The van der Waals surface area contributed by atoms with Crippen LogP contribution in [0.5, 0.6) is 0 Å². The number of nitrogens with two attached hydrogens (primary N) is 1. The quantitative estimate of drug-likeness (QED) is 0.816. The first-order valence-electron chi connectivity index (χ1n) is 7.47. The van der Waals surface area contributed by atoms with E-state index in [9.17, 15) is 9.18 Å². The van der Waals surface area contributed by atoms with E-state index in [4.69, 9.17) is 10.5 Å². The van der Waals surface area contributed by atoms with Gasteiger partial charge in [0.15, 0.2) is 0 Å². The molecule has 2 aromatic rings. The number of halogens is 1. The number of rotatable bonds is 7. The molecule has 1 aromatic carbocycles. The summed E-state index contributed by atoms with van der Waals surface area (Å²) in [6.07, 6.45) is 2.46. The molecule has 1 atom stereocenters. The van der Waals surface area contributed by atoms with Gasteiger partial charge in [-0.2, -0.15) is 5.10 Å². The summed E-state index contributed by atoms with van der Waals surface area (Å²) in [5.41, 5.74) is 7.69. The molecule has 0 aliphatic carbocycles. The van der Waals surface area contributed by atoms with Gasteiger partial charge >= 0.3 is 0 Å². The molecule has 3 N–H and O–H groups in total. The molecule has 1 aromatic heterocycles. The van der Waals surface area contributed by atoms with Crippen LogP contribution in [0.1, 0.15) is 19.0 Å². The highest BCUT2D eigenvalue weighted by Crippen LogP contribution is 2.21. The highest BCUT2D eigenvalue weighted by Gasteiger charge is 2.19. The van der Waals surface area contributed by atoms with Crippen LogP contribution in [0.3, 0.4) is 0 Å². The zero-order chi connectivity index (χ0) is 16.8. The van der Waals surface area contributed by atoms with Crippen LogP contribution >= 0.6 is 0 Å². The van der Waals surface area contributed by atoms with Gasteiger partial charge in [0.25, 0.3) is 5.91 Å². The van der Waals surface area contributed by atoms with Crippen molar-refractivity contribution in [3.63, 3.8) is 0 Å². The number of benzene rings is 1. The number of ether oxygens (including phenoxy) is 1. The summed E-state index contributed by atoms with van der Waals surface area (Å²) in [5, 5.41) is 7.10. The maximum Gasteiger partial charge on any atom is 0.254 e. The minimum atomic E-state index is -0.710. The maximum absolute atomic E-state index is 13.1. The van der Waals surface area contributed by atoms with Crippen LogP contribution in [0.25, 0.3) is 5.69 Å². The maximum atomic E-state index is 13.1. The second kappa shape index (κ2) is 7.85. The van der Waals surface area contributed by atoms with Crippen molar-refractivity contribution in [2.75, 3.05) is 19.0 Å². The van der Waals surface area contributed by atoms with E-state index in [-0.39, 0.29) is 18.3 Å². The van der Waals surface area contributed by atoms with Crippen molar-refractivity contribution in [1.29, 1.82) is 0 Å². The molecule has 0 saturated heterocycles. The topological polar surface area (TPSA) is 82.2 Å². The molecular weight excluding hydrogens is 299 g/mol. The zero-order valence-electron chi connectivity index (χ0n) is 13.3. The molecular formula is C16H21FN4O2. The Hall–Kier alpha value is -2.25. The number of nitrogens with zero attached hydrogens (tertiary/aromatic N) is 2. The number of anilines is 1. The first kappa shape index (κ1) is 17.1. The Bertz CT molecular complexity index is 651. The standard InChI is InChI=1S/C16H21FN4O2/c1-3-4-14-13(20-16(22)15(9-18)23-2)10-19-21(14)12-7-5-11(17)6-8-12/h5-8,10,15H,3-4,9,18H2,1-2H3,(H,20,22)/t15-/m0/s1. The Labute approximate surface area is 134 Å². The van der Waals surface area contributed by atoms with E-state index in [2.05, 4.69) is 10.4 Å². The summed E-state index contributed by atoms with van der Waals surface area (Å²) in [4.78, 5) is 12.1. The van der Waals surface area contributed by atoms with Gasteiger partial charge in [0.1, 0.15) is 11.9 Å². The molecule has 0 fully saturated rings. The number of hydrogen-bond donors (Lipinski definition) is 2. The number of nitrogens with one attached hydrogen (secondary N) is 1. The molecule has 2 rings (SSSR count). The van der Waals surface area contributed by atoms with Crippen LogP contribution in [-0.2, 0) is 16.0 Å². The molecule has 6 nitrogen and oxygen atoms in total. The predicted octanol–water partition coefficient (Wildman–Crippen LogP) is 1.88. The van der Waals surface area contributed by atoms with Crippen LogP contribution in [0.2, 0.25) is 0 Å².